The Bertz CT molecular complexity index is 1080. The molecule has 7 nitrogen and oxygen atoms in total. The van der Waals surface area contributed by atoms with Gasteiger partial charge in [-0.25, -0.2) is 4.79 Å². The molecule has 1 aliphatic carbocycles. The highest BCUT2D eigenvalue weighted by Gasteiger charge is 2.31. The van der Waals surface area contributed by atoms with Crippen LogP contribution in [0.5, 0.6) is 0 Å². The van der Waals surface area contributed by atoms with Crippen molar-refractivity contribution in [2.24, 2.45) is 0 Å². The van der Waals surface area contributed by atoms with Crippen molar-refractivity contribution < 1.29 is 14.3 Å². The summed E-state index contributed by atoms with van der Waals surface area (Å²) in [5.41, 5.74) is 3.92. The molecule has 5 rings (SSSR count). The highest BCUT2D eigenvalue weighted by molar-refractivity contribution is 6.04. The van der Waals surface area contributed by atoms with E-state index in [1.165, 1.54) is 37.7 Å². The van der Waals surface area contributed by atoms with Gasteiger partial charge in [0.1, 0.15) is 6.10 Å². The third kappa shape index (κ3) is 6.49. The van der Waals surface area contributed by atoms with E-state index in [4.69, 9.17) is 4.74 Å². The quantitative estimate of drug-likeness (QED) is 0.529. The number of carbonyl (C=O) groups is 2. The van der Waals surface area contributed by atoms with Gasteiger partial charge in [0, 0.05) is 43.6 Å². The summed E-state index contributed by atoms with van der Waals surface area (Å²) in [6, 6.07) is 16.3. The number of hydrogen-bond donors (Lipinski definition) is 1. The zero-order valence-electron chi connectivity index (χ0n) is 22.9. The highest BCUT2D eigenvalue weighted by Crippen LogP contribution is 2.32. The van der Waals surface area contributed by atoms with Gasteiger partial charge in [0.2, 0.25) is 0 Å². The van der Waals surface area contributed by atoms with Crippen molar-refractivity contribution in [2.45, 2.75) is 69.4 Å². The predicted molar refractivity (Wildman–Crippen MR) is 152 cm³/mol. The molecule has 3 aliphatic rings. The first kappa shape index (κ1) is 26.5. The van der Waals surface area contributed by atoms with Crippen LogP contribution in [0, 0.1) is 0 Å². The van der Waals surface area contributed by atoms with Crippen molar-refractivity contribution in [3.63, 3.8) is 0 Å². The van der Waals surface area contributed by atoms with E-state index in [2.05, 4.69) is 34.3 Å². The number of ether oxygens (including phenoxy) is 1. The topological polar surface area (TPSA) is 65.1 Å². The van der Waals surface area contributed by atoms with Gasteiger partial charge >= 0.3 is 6.09 Å². The van der Waals surface area contributed by atoms with Crippen molar-refractivity contribution >= 4 is 23.4 Å². The van der Waals surface area contributed by atoms with Gasteiger partial charge in [-0.1, -0.05) is 31.4 Å². The maximum Gasteiger partial charge on any atom is 0.410 e. The number of hydrogen-bond acceptors (Lipinski definition) is 5. The van der Waals surface area contributed by atoms with Crippen molar-refractivity contribution in [2.75, 3.05) is 50.5 Å². The van der Waals surface area contributed by atoms with Crippen molar-refractivity contribution in [3.05, 3.63) is 59.7 Å². The molecule has 0 bridgehead atoms. The van der Waals surface area contributed by atoms with E-state index in [0.29, 0.717) is 11.5 Å². The molecular weight excluding hydrogens is 476 g/mol. The molecule has 2 heterocycles. The monoisotopic (exact) mass is 518 g/mol. The van der Waals surface area contributed by atoms with Gasteiger partial charge < -0.3 is 24.8 Å². The van der Waals surface area contributed by atoms with Crippen LogP contribution in [0.25, 0.3) is 0 Å². The van der Waals surface area contributed by atoms with E-state index in [9.17, 15) is 9.59 Å². The number of piperidine rings is 1. The number of amides is 2. The molecule has 0 radical (unpaired) electrons. The lowest BCUT2D eigenvalue weighted by Crippen LogP contribution is -2.44. The zero-order chi connectivity index (χ0) is 26.5. The molecule has 3 fully saturated rings. The van der Waals surface area contributed by atoms with Gasteiger partial charge in [-0.3, -0.25) is 4.79 Å². The number of nitrogens with zero attached hydrogens (tertiary/aromatic N) is 3. The lowest BCUT2D eigenvalue weighted by molar-refractivity contribution is 0.0269. The molecule has 1 unspecified atom stereocenters. The Morgan fingerprint density at radius 2 is 1.61 bits per heavy atom. The molecule has 38 heavy (non-hydrogen) atoms. The van der Waals surface area contributed by atoms with Crippen LogP contribution in [0.15, 0.2) is 48.5 Å². The summed E-state index contributed by atoms with van der Waals surface area (Å²) in [5, 5.41) is 3.03. The van der Waals surface area contributed by atoms with Crippen LogP contribution in [0.3, 0.4) is 0 Å². The Morgan fingerprint density at radius 3 is 2.32 bits per heavy atom. The zero-order valence-corrected chi connectivity index (χ0v) is 22.9. The Hall–Kier alpha value is -3.06. The SMILES string of the molecule is CN1CCC[C@@H](OC(=O)N(C)C2CCN(c3ccc(NC(=O)c4ccc(C5CCCCC5)cc4)cc3)C2)C1. The molecule has 1 N–H and O–H groups in total. The van der Waals surface area contributed by atoms with E-state index in [1.807, 2.05) is 43.4 Å². The molecule has 2 amide bonds. The fourth-order valence-corrected chi connectivity index (χ4v) is 6.18. The summed E-state index contributed by atoms with van der Waals surface area (Å²) in [6.45, 7) is 3.53. The summed E-state index contributed by atoms with van der Waals surface area (Å²) >= 11 is 0. The number of likely N-dealkylation sites (tertiary alicyclic amines) is 1. The van der Waals surface area contributed by atoms with E-state index >= 15 is 0 Å². The minimum absolute atomic E-state index is 0.0150. The second-order valence-corrected chi connectivity index (χ2v) is 11.4. The van der Waals surface area contributed by atoms with Crippen LogP contribution in [0.4, 0.5) is 16.2 Å². The smallest absolute Gasteiger partial charge is 0.410 e. The summed E-state index contributed by atoms with van der Waals surface area (Å²) in [7, 11) is 3.92. The molecular formula is C31H42N4O3. The van der Waals surface area contributed by atoms with Gasteiger partial charge in [-0.2, -0.15) is 0 Å². The Labute approximate surface area is 227 Å². The van der Waals surface area contributed by atoms with Gasteiger partial charge in [0.05, 0.1) is 6.04 Å². The van der Waals surface area contributed by atoms with E-state index in [-0.39, 0.29) is 24.1 Å². The van der Waals surface area contributed by atoms with E-state index in [1.54, 1.807) is 4.90 Å². The fourth-order valence-electron chi connectivity index (χ4n) is 6.18. The molecule has 1 saturated carbocycles. The third-order valence-electron chi connectivity index (χ3n) is 8.59. The first-order chi connectivity index (χ1) is 18.5. The Balaban J connectivity index is 1.11. The average Bonchev–Trinajstić information content (AvgIpc) is 3.44. The number of rotatable bonds is 6. The van der Waals surface area contributed by atoms with Crippen molar-refractivity contribution in [1.82, 2.24) is 9.80 Å². The second kappa shape index (κ2) is 12.2. The maximum absolute atomic E-state index is 12.8. The molecule has 2 aromatic rings. The number of carbonyl (C=O) groups excluding carboxylic acids is 2. The highest BCUT2D eigenvalue weighted by atomic mass is 16.6. The Kier molecular flexibility index (Phi) is 8.52. The lowest BCUT2D eigenvalue weighted by Gasteiger charge is -2.32. The second-order valence-electron chi connectivity index (χ2n) is 11.4. The fraction of sp³-hybridized carbons (Fsp3) is 0.548. The normalized spacial score (nSPS) is 22.7. The summed E-state index contributed by atoms with van der Waals surface area (Å²) in [6.07, 6.45) is 9.16. The molecule has 2 aromatic carbocycles. The van der Waals surface area contributed by atoms with Gasteiger partial charge in [-0.15, -0.1) is 0 Å². The number of benzene rings is 2. The molecule has 2 atom stereocenters. The van der Waals surface area contributed by atoms with Crippen LogP contribution in [0.1, 0.15) is 73.2 Å². The van der Waals surface area contributed by atoms with Gasteiger partial charge in [0.25, 0.3) is 5.91 Å². The van der Waals surface area contributed by atoms with Crippen LogP contribution in [-0.2, 0) is 4.74 Å². The number of likely N-dealkylation sites (N-methyl/N-ethyl adjacent to an activating group) is 2. The minimum atomic E-state index is -0.220. The molecule has 0 spiro atoms. The first-order valence-corrected chi connectivity index (χ1v) is 14.3. The van der Waals surface area contributed by atoms with Crippen molar-refractivity contribution in [1.29, 1.82) is 0 Å². The van der Waals surface area contributed by atoms with Crippen LogP contribution >= 0.6 is 0 Å². The van der Waals surface area contributed by atoms with E-state index < -0.39 is 0 Å². The molecule has 7 heteroatoms. The lowest BCUT2D eigenvalue weighted by atomic mass is 9.84. The summed E-state index contributed by atoms with van der Waals surface area (Å²) < 4.78 is 5.79. The third-order valence-corrected chi connectivity index (χ3v) is 8.59. The van der Waals surface area contributed by atoms with Gasteiger partial charge in [0.15, 0.2) is 0 Å². The maximum atomic E-state index is 12.8. The van der Waals surface area contributed by atoms with E-state index in [0.717, 1.165) is 56.8 Å². The minimum Gasteiger partial charge on any atom is -0.445 e. The Morgan fingerprint density at radius 1 is 0.868 bits per heavy atom. The predicted octanol–water partition coefficient (Wildman–Crippen LogP) is 5.73. The van der Waals surface area contributed by atoms with Crippen LogP contribution in [-0.4, -0.2) is 74.2 Å². The van der Waals surface area contributed by atoms with Gasteiger partial charge in [-0.05, 0) is 93.6 Å². The molecule has 0 aromatic heterocycles. The van der Waals surface area contributed by atoms with Crippen LogP contribution in [0.2, 0.25) is 0 Å². The number of nitrogens with one attached hydrogen (secondary N) is 1. The van der Waals surface area contributed by atoms with Crippen LogP contribution < -0.4 is 10.2 Å². The standard InChI is InChI=1S/C31H42N4O3/c1-33-19-6-9-29(22-33)38-31(37)34(2)28-18-20-35(21-28)27-16-14-26(15-17-27)32-30(36)25-12-10-24(11-13-25)23-7-4-3-5-8-23/h10-17,23,28-29H,3-9,18-22H2,1-2H3,(H,32,36)/t28?,29-/m1/s1. The average molecular weight is 519 g/mol. The summed E-state index contributed by atoms with van der Waals surface area (Å²) in [4.78, 5) is 31.8. The molecule has 2 saturated heterocycles. The summed E-state index contributed by atoms with van der Waals surface area (Å²) in [5.74, 6) is 0.557. The first-order valence-electron chi connectivity index (χ1n) is 14.3. The van der Waals surface area contributed by atoms with Crippen molar-refractivity contribution in [3.8, 4) is 0 Å². The number of anilines is 2. The largest absolute Gasteiger partial charge is 0.445 e. The molecule has 2 aliphatic heterocycles. The molecule has 204 valence electrons.